The Morgan fingerprint density at radius 2 is 1.97 bits per heavy atom. The van der Waals surface area contributed by atoms with E-state index in [4.69, 9.17) is 4.42 Å². The summed E-state index contributed by atoms with van der Waals surface area (Å²) in [6, 6.07) is 10.8. The van der Waals surface area contributed by atoms with Gasteiger partial charge in [0.15, 0.2) is 0 Å². The summed E-state index contributed by atoms with van der Waals surface area (Å²) in [6.45, 7) is 2.48. The van der Waals surface area contributed by atoms with E-state index in [0.29, 0.717) is 17.6 Å². The van der Waals surface area contributed by atoms with Gasteiger partial charge in [-0.3, -0.25) is 19.0 Å². The van der Waals surface area contributed by atoms with Crippen molar-refractivity contribution in [1.82, 2.24) is 14.5 Å². The molecule has 152 valence electrons. The SMILES string of the molecule is CCc1ccc(C2CCCCCN2C(=O)Cn2c(=O)c(=O)[nH]c3ccccc32)o1. The number of H-pyrrole nitrogens is 1. The molecule has 1 aliphatic rings. The summed E-state index contributed by atoms with van der Waals surface area (Å²) in [4.78, 5) is 42.2. The van der Waals surface area contributed by atoms with Crippen molar-refractivity contribution in [3.8, 4) is 0 Å². The molecule has 3 heterocycles. The molecule has 0 spiro atoms. The summed E-state index contributed by atoms with van der Waals surface area (Å²) in [7, 11) is 0. The average Bonchev–Trinajstić information content (AvgIpc) is 3.07. The van der Waals surface area contributed by atoms with E-state index in [2.05, 4.69) is 4.98 Å². The van der Waals surface area contributed by atoms with Crippen LogP contribution < -0.4 is 11.1 Å². The summed E-state index contributed by atoms with van der Waals surface area (Å²) in [5.74, 6) is 1.51. The first kappa shape index (κ1) is 19.2. The summed E-state index contributed by atoms with van der Waals surface area (Å²) in [5, 5.41) is 0. The van der Waals surface area contributed by atoms with Crippen LogP contribution in [0.2, 0.25) is 0 Å². The van der Waals surface area contributed by atoms with E-state index in [1.807, 2.05) is 24.0 Å². The molecule has 29 heavy (non-hydrogen) atoms. The van der Waals surface area contributed by atoms with Crippen molar-refractivity contribution >= 4 is 16.9 Å². The lowest BCUT2D eigenvalue weighted by atomic mass is 10.1. The lowest BCUT2D eigenvalue weighted by Crippen LogP contribution is -2.42. The first-order valence-corrected chi connectivity index (χ1v) is 10.2. The molecule has 0 aliphatic carbocycles. The van der Waals surface area contributed by atoms with Crippen LogP contribution in [0, 0.1) is 0 Å². The van der Waals surface area contributed by atoms with Crippen molar-refractivity contribution in [1.29, 1.82) is 0 Å². The van der Waals surface area contributed by atoms with E-state index in [1.54, 1.807) is 24.3 Å². The number of hydrogen-bond donors (Lipinski definition) is 1. The fourth-order valence-corrected chi connectivity index (χ4v) is 4.07. The third-order valence-electron chi connectivity index (χ3n) is 5.61. The quantitative estimate of drug-likeness (QED) is 0.688. The van der Waals surface area contributed by atoms with Gasteiger partial charge in [0.1, 0.15) is 18.1 Å². The summed E-state index contributed by atoms with van der Waals surface area (Å²) < 4.78 is 7.23. The van der Waals surface area contributed by atoms with Crippen LogP contribution in [0.25, 0.3) is 11.0 Å². The van der Waals surface area contributed by atoms with Crippen molar-refractivity contribution in [3.63, 3.8) is 0 Å². The minimum absolute atomic E-state index is 0.144. The summed E-state index contributed by atoms with van der Waals surface area (Å²) in [5.41, 5.74) is -0.351. The maximum atomic E-state index is 13.3. The van der Waals surface area contributed by atoms with Crippen molar-refractivity contribution in [2.75, 3.05) is 6.54 Å². The standard InChI is InChI=1S/C22H25N3O4/c1-2-15-11-12-19(29-15)18-10-4-3-7-13-24(18)20(26)14-25-17-9-6-5-8-16(17)23-21(27)22(25)28/h5-6,8-9,11-12,18H,2-4,7,10,13-14H2,1H3,(H,23,27). The highest BCUT2D eigenvalue weighted by atomic mass is 16.3. The highest BCUT2D eigenvalue weighted by Gasteiger charge is 2.29. The Bertz CT molecular complexity index is 1140. The molecule has 7 heteroatoms. The summed E-state index contributed by atoms with van der Waals surface area (Å²) >= 11 is 0. The predicted octanol–water partition coefficient (Wildman–Crippen LogP) is 2.99. The largest absolute Gasteiger partial charge is 0.464 e. The van der Waals surface area contributed by atoms with Gasteiger partial charge in [0.25, 0.3) is 0 Å². The third kappa shape index (κ3) is 3.77. The van der Waals surface area contributed by atoms with Crippen LogP contribution in [0.15, 0.2) is 50.4 Å². The Labute approximate surface area is 168 Å². The molecule has 1 atom stereocenters. The molecule has 0 radical (unpaired) electrons. The molecule has 3 aromatic rings. The van der Waals surface area contributed by atoms with Crippen LogP contribution in [-0.2, 0) is 17.8 Å². The lowest BCUT2D eigenvalue weighted by molar-refractivity contribution is -0.134. The van der Waals surface area contributed by atoms with Gasteiger partial charge in [-0.15, -0.1) is 0 Å². The molecule has 1 aromatic carbocycles. The zero-order chi connectivity index (χ0) is 20.4. The van der Waals surface area contributed by atoms with Gasteiger partial charge in [0.05, 0.1) is 17.1 Å². The van der Waals surface area contributed by atoms with Gasteiger partial charge in [-0.25, -0.2) is 0 Å². The topological polar surface area (TPSA) is 88.3 Å². The molecule has 0 bridgehead atoms. The molecule has 2 aromatic heterocycles. The normalized spacial score (nSPS) is 17.4. The number of nitrogens with one attached hydrogen (secondary N) is 1. The number of aryl methyl sites for hydroxylation is 1. The van der Waals surface area contributed by atoms with Crippen LogP contribution in [-0.4, -0.2) is 26.9 Å². The number of aromatic nitrogens is 2. The van der Waals surface area contributed by atoms with Gasteiger partial charge in [0, 0.05) is 13.0 Å². The molecule has 1 aliphatic heterocycles. The zero-order valence-corrected chi connectivity index (χ0v) is 16.5. The monoisotopic (exact) mass is 395 g/mol. The van der Waals surface area contributed by atoms with Gasteiger partial charge < -0.3 is 14.3 Å². The van der Waals surface area contributed by atoms with Crippen LogP contribution in [0.5, 0.6) is 0 Å². The van der Waals surface area contributed by atoms with Gasteiger partial charge in [0.2, 0.25) is 5.91 Å². The molecule has 1 saturated heterocycles. The molecular weight excluding hydrogens is 370 g/mol. The molecule has 4 rings (SSSR count). The first-order chi connectivity index (χ1) is 14.1. The number of furan rings is 1. The first-order valence-electron chi connectivity index (χ1n) is 10.2. The molecular formula is C22H25N3O4. The summed E-state index contributed by atoms with van der Waals surface area (Å²) in [6.07, 6.45) is 4.61. The lowest BCUT2D eigenvalue weighted by Gasteiger charge is -2.29. The Morgan fingerprint density at radius 3 is 2.76 bits per heavy atom. The van der Waals surface area contributed by atoms with E-state index in [0.717, 1.165) is 43.6 Å². The fourth-order valence-electron chi connectivity index (χ4n) is 4.07. The van der Waals surface area contributed by atoms with Crippen molar-refractivity contribution in [2.45, 2.75) is 51.6 Å². The Kier molecular flexibility index (Phi) is 5.38. The zero-order valence-electron chi connectivity index (χ0n) is 16.5. The van der Waals surface area contributed by atoms with E-state index < -0.39 is 11.1 Å². The van der Waals surface area contributed by atoms with Gasteiger partial charge >= 0.3 is 11.1 Å². The molecule has 1 amide bonds. The van der Waals surface area contributed by atoms with Crippen LogP contribution >= 0.6 is 0 Å². The third-order valence-corrected chi connectivity index (χ3v) is 5.61. The number of benzene rings is 1. The van der Waals surface area contributed by atoms with Crippen LogP contribution in [0.1, 0.15) is 50.2 Å². The Hall–Kier alpha value is -3.09. The molecule has 1 N–H and O–H groups in total. The molecule has 7 nitrogen and oxygen atoms in total. The minimum Gasteiger partial charge on any atom is -0.464 e. The van der Waals surface area contributed by atoms with Gasteiger partial charge in [-0.2, -0.15) is 0 Å². The van der Waals surface area contributed by atoms with Crippen molar-refractivity contribution < 1.29 is 9.21 Å². The van der Waals surface area contributed by atoms with E-state index in [-0.39, 0.29) is 18.5 Å². The number of amides is 1. The number of nitrogens with zero attached hydrogens (tertiary/aromatic N) is 2. The second kappa shape index (κ2) is 8.11. The number of likely N-dealkylation sites (tertiary alicyclic amines) is 1. The van der Waals surface area contributed by atoms with Crippen LogP contribution in [0.4, 0.5) is 0 Å². The van der Waals surface area contributed by atoms with Crippen molar-refractivity contribution in [3.05, 3.63) is 68.6 Å². The minimum atomic E-state index is -0.720. The predicted molar refractivity (Wildman–Crippen MR) is 110 cm³/mol. The number of rotatable bonds is 4. The number of carbonyl (C=O) groups excluding carboxylic acids is 1. The second-order valence-electron chi connectivity index (χ2n) is 7.47. The smallest absolute Gasteiger partial charge is 0.317 e. The highest BCUT2D eigenvalue weighted by Crippen LogP contribution is 2.31. The van der Waals surface area contributed by atoms with E-state index >= 15 is 0 Å². The molecule has 1 unspecified atom stereocenters. The maximum Gasteiger partial charge on any atom is 0.317 e. The number of carbonyl (C=O) groups is 1. The highest BCUT2D eigenvalue weighted by molar-refractivity contribution is 5.80. The average molecular weight is 395 g/mol. The van der Waals surface area contributed by atoms with Crippen LogP contribution in [0.3, 0.4) is 0 Å². The maximum absolute atomic E-state index is 13.3. The van der Waals surface area contributed by atoms with E-state index in [9.17, 15) is 14.4 Å². The van der Waals surface area contributed by atoms with E-state index in [1.165, 1.54) is 4.57 Å². The fraction of sp³-hybridized carbons (Fsp3) is 0.409. The second-order valence-corrected chi connectivity index (χ2v) is 7.47. The molecule has 1 fully saturated rings. The number of para-hydroxylation sites is 2. The Balaban J connectivity index is 1.69. The van der Waals surface area contributed by atoms with Crippen molar-refractivity contribution in [2.24, 2.45) is 0 Å². The molecule has 0 saturated carbocycles. The number of hydrogen-bond acceptors (Lipinski definition) is 4. The Morgan fingerprint density at radius 1 is 1.14 bits per heavy atom. The number of aromatic amines is 1. The van der Waals surface area contributed by atoms with Gasteiger partial charge in [-0.05, 0) is 37.1 Å². The van der Waals surface area contributed by atoms with Gasteiger partial charge in [-0.1, -0.05) is 31.9 Å². The number of fused-ring (bicyclic) bond motifs is 1.